The van der Waals surface area contributed by atoms with Crippen LogP contribution in [0.25, 0.3) is 0 Å². The van der Waals surface area contributed by atoms with Gasteiger partial charge in [-0.05, 0) is 31.9 Å². The molecular weight excluding hydrogens is 384 g/mol. The minimum Gasteiger partial charge on any atom is -0.317 e. The maximum atomic E-state index is 10.5. The van der Waals surface area contributed by atoms with Crippen LogP contribution in [-0.4, -0.2) is 44.6 Å². The van der Waals surface area contributed by atoms with E-state index in [0.717, 1.165) is 16.6 Å². The molecule has 0 aliphatic carbocycles. The number of rotatable bonds is 13. The molecule has 0 saturated carbocycles. The van der Waals surface area contributed by atoms with Crippen molar-refractivity contribution in [1.82, 2.24) is 0 Å². The van der Waals surface area contributed by atoms with Gasteiger partial charge in [-0.3, -0.25) is 4.55 Å². The Kier molecular flexibility index (Phi) is 14.7. The Morgan fingerprint density at radius 1 is 0.897 bits per heavy atom. The molecule has 5 nitrogen and oxygen atoms in total. The third-order valence-electron chi connectivity index (χ3n) is 4.93. The van der Waals surface area contributed by atoms with Crippen molar-refractivity contribution < 1.29 is 17.5 Å². The molecule has 0 unspecified atom stereocenters. The molecule has 166 valence electrons. The Morgan fingerprint density at radius 3 is 1.76 bits per heavy atom. The molecule has 6 heteroatoms. The highest BCUT2D eigenvalue weighted by Gasteiger charge is 2.12. The zero-order valence-corrected chi connectivity index (χ0v) is 19.7. The largest absolute Gasteiger partial charge is 0.317 e. The summed E-state index contributed by atoms with van der Waals surface area (Å²) in [5, 5.41) is 8.70. The third kappa shape index (κ3) is 16.1. The van der Waals surface area contributed by atoms with Gasteiger partial charge in [0, 0.05) is 0 Å². The summed E-state index contributed by atoms with van der Waals surface area (Å²) in [5.74, 6) is 0. The Labute approximate surface area is 179 Å². The van der Waals surface area contributed by atoms with E-state index in [0.29, 0.717) is 6.54 Å². The fourth-order valence-electron chi connectivity index (χ4n) is 3.01. The van der Waals surface area contributed by atoms with Crippen LogP contribution in [0.15, 0.2) is 29.2 Å². The van der Waals surface area contributed by atoms with E-state index >= 15 is 0 Å². The summed E-state index contributed by atoms with van der Waals surface area (Å²) in [5.41, 5.74) is 0.956. The lowest BCUT2D eigenvalue weighted by Crippen LogP contribution is -2.40. The maximum absolute atomic E-state index is 10.5. The zero-order valence-electron chi connectivity index (χ0n) is 18.9. The van der Waals surface area contributed by atoms with Gasteiger partial charge in [-0.25, -0.2) is 0 Å². The fourth-order valence-corrected chi connectivity index (χ4v) is 3.49. The van der Waals surface area contributed by atoms with Crippen LogP contribution in [0.2, 0.25) is 0 Å². The SMILES string of the molecule is CCCCCCCCCCCC[N+](C)(C)CC#N.Cc1ccc(S(=O)(=O)O)cc1. The van der Waals surface area contributed by atoms with Crippen molar-refractivity contribution in [1.29, 1.82) is 5.26 Å². The summed E-state index contributed by atoms with van der Waals surface area (Å²) in [4.78, 5) is -0.0666. The molecule has 0 heterocycles. The van der Waals surface area contributed by atoms with Gasteiger partial charge in [0.2, 0.25) is 0 Å². The van der Waals surface area contributed by atoms with Gasteiger partial charge < -0.3 is 4.48 Å². The standard InChI is InChI=1S/C16H33N2.C7H8O3S/c1-4-5-6-7-8-9-10-11-12-13-15-18(2,3)16-14-17;1-6-2-4-7(5-3-6)11(8,9)10/h4-13,15-16H2,1-3H3;2-5H,1H3,(H,8,9,10)/q+1;. The van der Waals surface area contributed by atoms with E-state index in [1.165, 1.54) is 76.3 Å². The minimum absolute atomic E-state index is 0.0666. The second-order valence-electron chi connectivity index (χ2n) is 8.45. The fraction of sp³-hybridized carbons (Fsp3) is 0.696. The van der Waals surface area contributed by atoms with E-state index in [1.807, 2.05) is 6.92 Å². The average Bonchev–Trinajstić information content (AvgIpc) is 2.63. The first kappa shape index (κ1) is 27.6. The number of nitriles is 1. The number of hydrogen-bond donors (Lipinski definition) is 1. The Balaban J connectivity index is 0.000000604. The van der Waals surface area contributed by atoms with Crippen molar-refractivity contribution in [2.45, 2.75) is 83.0 Å². The molecule has 29 heavy (non-hydrogen) atoms. The van der Waals surface area contributed by atoms with Crippen molar-refractivity contribution in [3.8, 4) is 6.07 Å². The molecule has 0 atom stereocenters. The van der Waals surface area contributed by atoms with Gasteiger partial charge in [-0.2, -0.15) is 13.7 Å². The van der Waals surface area contributed by atoms with Crippen LogP contribution in [0.5, 0.6) is 0 Å². The van der Waals surface area contributed by atoms with E-state index in [9.17, 15) is 8.42 Å². The lowest BCUT2D eigenvalue weighted by Gasteiger charge is -2.26. The molecule has 1 aromatic carbocycles. The van der Waals surface area contributed by atoms with E-state index in [-0.39, 0.29) is 4.90 Å². The predicted molar refractivity (Wildman–Crippen MR) is 120 cm³/mol. The summed E-state index contributed by atoms with van der Waals surface area (Å²) < 4.78 is 30.4. The second-order valence-corrected chi connectivity index (χ2v) is 9.87. The second kappa shape index (κ2) is 15.4. The van der Waals surface area contributed by atoms with Crippen molar-refractivity contribution in [2.75, 3.05) is 27.2 Å². The number of nitrogens with zero attached hydrogens (tertiary/aromatic N) is 2. The lowest BCUT2D eigenvalue weighted by atomic mass is 10.1. The summed E-state index contributed by atoms with van der Waals surface area (Å²) in [7, 11) is 0.280. The van der Waals surface area contributed by atoms with E-state index in [2.05, 4.69) is 27.1 Å². The number of aryl methyl sites for hydroxylation is 1. The number of unbranched alkanes of at least 4 members (excludes halogenated alkanes) is 9. The predicted octanol–water partition coefficient (Wildman–Crippen LogP) is 5.75. The molecule has 0 spiro atoms. The molecule has 1 aromatic rings. The van der Waals surface area contributed by atoms with Gasteiger partial charge in [0.25, 0.3) is 10.1 Å². The molecule has 0 fully saturated rings. The molecular formula is C23H41N2O3S+. The van der Waals surface area contributed by atoms with Gasteiger partial charge in [0.15, 0.2) is 6.54 Å². The first-order valence-corrected chi connectivity index (χ1v) is 12.3. The van der Waals surface area contributed by atoms with E-state index < -0.39 is 10.1 Å². The Bertz CT molecular complexity index is 677. The molecule has 0 aliphatic rings. The quantitative estimate of drug-likeness (QED) is 0.189. The topological polar surface area (TPSA) is 78.2 Å². The van der Waals surface area contributed by atoms with E-state index in [1.54, 1.807) is 12.1 Å². The van der Waals surface area contributed by atoms with E-state index in [4.69, 9.17) is 9.81 Å². The maximum Gasteiger partial charge on any atom is 0.294 e. The molecule has 0 aromatic heterocycles. The van der Waals surface area contributed by atoms with Crippen LogP contribution in [-0.2, 0) is 10.1 Å². The number of quaternary nitrogens is 1. The number of benzene rings is 1. The minimum atomic E-state index is -4.02. The molecule has 0 bridgehead atoms. The zero-order chi connectivity index (χ0) is 22.2. The highest BCUT2D eigenvalue weighted by atomic mass is 32.2. The van der Waals surface area contributed by atoms with Crippen molar-refractivity contribution in [3.63, 3.8) is 0 Å². The van der Waals surface area contributed by atoms with Crippen molar-refractivity contribution >= 4 is 10.1 Å². The van der Waals surface area contributed by atoms with Crippen LogP contribution in [0, 0.1) is 18.3 Å². The lowest BCUT2D eigenvalue weighted by molar-refractivity contribution is -0.883. The van der Waals surface area contributed by atoms with Gasteiger partial charge in [0.1, 0.15) is 6.07 Å². The van der Waals surface area contributed by atoms with Gasteiger partial charge in [-0.15, -0.1) is 0 Å². The third-order valence-corrected chi connectivity index (χ3v) is 5.80. The monoisotopic (exact) mass is 425 g/mol. The van der Waals surface area contributed by atoms with Crippen molar-refractivity contribution in [2.24, 2.45) is 0 Å². The normalized spacial score (nSPS) is 11.4. The molecule has 1 rings (SSSR count). The van der Waals surface area contributed by atoms with Gasteiger partial charge in [0.05, 0.1) is 25.5 Å². The van der Waals surface area contributed by atoms with Gasteiger partial charge >= 0.3 is 0 Å². The van der Waals surface area contributed by atoms with Crippen LogP contribution in [0.3, 0.4) is 0 Å². The highest BCUT2D eigenvalue weighted by Crippen LogP contribution is 2.11. The highest BCUT2D eigenvalue weighted by molar-refractivity contribution is 7.85. The van der Waals surface area contributed by atoms with Crippen molar-refractivity contribution in [3.05, 3.63) is 29.8 Å². The number of hydrogen-bond acceptors (Lipinski definition) is 3. The average molecular weight is 426 g/mol. The summed E-state index contributed by atoms with van der Waals surface area (Å²) in [6.07, 6.45) is 13.8. The summed E-state index contributed by atoms with van der Waals surface area (Å²) in [6.45, 7) is 5.89. The molecule has 0 amide bonds. The Morgan fingerprint density at radius 2 is 1.34 bits per heavy atom. The summed E-state index contributed by atoms with van der Waals surface area (Å²) in [6, 6.07) is 8.25. The van der Waals surface area contributed by atoms with Crippen LogP contribution in [0.1, 0.15) is 76.7 Å². The first-order valence-electron chi connectivity index (χ1n) is 10.9. The van der Waals surface area contributed by atoms with Crippen LogP contribution >= 0.6 is 0 Å². The van der Waals surface area contributed by atoms with Crippen LogP contribution in [0.4, 0.5) is 0 Å². The Hall–Kier alpha value is -1.42. The molecule has 0 radical (unpaired) electrons. The summed E-state index contributed by atoms with van der Waals surface area (Å²) >= 11 is 0. The molecule has 0 aliphatic heterocycles. The van der Waals surface area contributed by atoms with Crippen LogP contribution < -0.4 is 0 Å². The molecule has 0 saturated heterocycles. The smallest absolute Gasteiger partial charge is 0.294 e. The molecule has 1 N–H and O–H groups in total. The van der Waals surface area contributed by atoms with Gasteiger partial charge in [-0.1, -0.05) is 76.0 Å². The first-order chi connectivity index (χ1) is 13.6.